The van der Waals surface area contributed by atoms with Crippen LogP contribution < -0.4 is 15.4 Å². The Balaban J connectivity index is 2.79. The summed E-state index contributed by atoms with van der Waals surface area (Å²) in [6, 6.07) is 0. The third kappa shape index (κ3) is 3.74. The van der Waals surface area contributed by atoms with Gasteiger partial charge in [0.05, 0.1) is 7.11 Å². The minimum Gasteiger partial charge on any atom is -0.490 e. The fraction of sp³-hybridized carbons (Fsp3) is 0.636. The molecule has 17 heavy (non-hydrogen) atoms. The lowest BCUT2D eigenvalue weighted by molar-refractivity contribution is 0.244. The van der Waals surface area contributed by atoms with Gasteiger partial charge >= 0.3 is 0 Å². The number of aromatic nitrogens is 2. The molecular weight excluding hydrogens is 220 g/mol. The number of methoxy groups -OCH3 is 1. The third-order valence-corrected chi connectivity index (χ3v) is 2.28. The van der Waals surface area contributed by atoms with Crippen molar-refractivity contribution in [3.63, 3.8) is 0 Å². The van der Waals surface area contributed by atoms with Gasteiger partial charge in [-0.25, -0.2) is 9.97 Å². The van der Waals surface area contributed by atoms with Crippen molar-refractivity contribution in [3.05, 3.63) is 6.33 Å². The molecule has 0 bridgehead atoms. The zero-order valence-corrected chi connectivity index (χ0v) is 10.5. The lowest BCUT2D eigenvalue weighted by Crippen LogP contribution is -2.16. The van der Waals surface area contributed by atoms with Crippen LogP contribution in [0.1, 0.15) is 13.8 Å². The van der Waals surface area contributed by atoms with Gasteiger partial charge in [-0.1, -0.05) is 6.92 Å². The van der Waals surface area contributed by atoms with Crippen LogP contribution in [-0.4, -0.2) is 41.9 Å². The van der Waals surface area contributed by atoms with Crippen molar-refractivity contribution >= 4 is 11.6 Å². The SMILES string of the molecule is CCNc1ncnc(NCC(C)CO)c1OC. The van der Waals surface area contributed by atoms with Gasteiger partial charge in [0.1, 0.15) is 6.33 Å². The maximum absolute atomic E-state index is 8.96. The molecule has 3 N–H and O–H groups in total. The average Bonchev–Trinajstić information content (AvgIpc) is 2.36. The first-order chi connectivity index (χ1) is 8.22. The number of anilines is 2. The van der Waals surface area contributed by atoms with Crippen LogP contribution in [0.15, 0.2) is 6.33 Å². The van der Waals surface area contributed by atoms with Crippen LogP contribution in [-0.2, 0) is 0 Å². The molecule has 0 radical (unpaired) electrons. The predicted octanol–water partition coefficient (Wildman–Crippen LogP) is 0.957. The number of aliphatic hydroxyl groups is 1. The van der Waals surface area contributed by atoms with Gasteiger partial charge in [0.15, 0.2) is 11.6 Å². The van der Waals surface area contributed by atoms with Crippen molar-refractivity contribution in [2.75, 3.05) is 37.4 Å². The van der Waals surface area contributed by atoms with Crippen molar-refractivity contribution < 1.29 is 9.84 Å². The lowest BCUT2D eigenvalue weighted by Gasteiger charge is -2.15. The summed E-state index contributed by atoms with van der Waals surface area (Å²) < 4.78 is 5.28. The summed E-state index contributed by atoms with van der Waals surface area (Å²) in [5, 5.41) is 15.2. The second kappa shape index (κ2) is 6.90. The predicted molar refractivity (Wildman–Crippen MR) is 67.5 cm³/mol. The highest BCUT2D eigenvalue weighted by Crippen LogP contribution is 2.28. The molecule has 0 saturated heterocycles. The average molecular weight is 240 g/mol. The quantitative estimate of drug-likeness (QED) is 0.658. The lowest BCUT2D eigenvalue weighted by atomic mass is 10.2. The fourth-order valence-corrected chi connectivity index (χ4v) is 1.32. The number of nitrogens with zero attached hydrogens (tertiary/aromatic N) is 2. The topological polar surface area (TPSA) is 79.3 Å². The maximum Gasteiger partial charge on any atom is 0.204 e. The van der Waals surface area contributed by atoms with E-state index in [9.17, 15) is 0 Å². The number of hydrogen-bond donors (Lipinski definition) is 3. The van der Waals surface area contributed by atoms with E-state index in [2.05, 4.69) is 20.6 Å². The Morgan fingerprint density at radius 1 is 1.35 bits per heavy atom. The Morgan fingerprint density at radius 2 is 2.00 bits per heavy atom. The molecule has 1 atom stereocenters. The number of hydrogen-bond acceptors (Lipinski definition) is 6. The van der Waals surface area contributed by atoms with E-state index in [1.807, 2.05) is 13.8 Å². The van der Waals surface area contributed by atoms with Crippen LogP contribution in [0.2, 0.25) is 0 Å². The van der Waals surface area contributed by atoms with Crippen molar-refractivity contribution in [2.24, 2.45) is 5.92 Å². The molecule has 0 aromatic carbocycles. The van der Waals surface area contributed by atoms with Gasteiger partial charge < -0.3 is 20.5 Å². The molecule has 1 aromatic rings. The molecule has 0 spiro atoms. The van der Waals surface area contributed by atoms with Gasteiger partial charge in [0.2, 0.25) is 5.75 Å². The van der Waals surface area contributed by atoms with Gasteiger partial charge in [0, 0.05) is 19.7 Å². The summed E-state index contributed by atoms with van der Waals surface area (Å²) in [5.41, 5.74) is 0. The van der Waals surface area contributed by atoms with Crippen LogP contribution in [0.3, 0.4) is 0 Å². The van der Waals surface area contributed by atoms with Gasteiger partial charge in [-0.2, -0.15) is 0 Å². The molecule has 0 aliphatic carbocycles. The highest BCUT2D eigenvalue weighted by molar-refractivity contribution is 5.63. The van der Waals surface area contributed by atoms with E-state index >= 15 is 0 Å². The first-order valence-electron chi connectivity index (χ1n) is 5.70. The first kappa shape index (κ1) is 13.5. The van der Waals surface area contributed by atoms with Gasteiger partial charge in [0.25, 0.3) is 0 Å². The molecule has 1 unspecified atom stereocenters. The van der Waals surface area contributed by atoms with Crippen LogP contribution in [0, 0.1) is 5.92 Å². The van der Waals surface area contributed by atoms with E-state index in [1.165, 1.54) is 6.33 Å². The molecule has 0 aliphatic rings. The number of nitrogens with one attached hydrogen (secondary N) is 2. The van der Waals surface area contributed by atoms with E-state index < -0.39 is 0 Å². The molecule has 1 heterocycles. The summed E-state index contributed by atoms with van der Waals surface area (Å²) >= 11 is 0. The molecular formula is C11H20N4O2. The highest BCUT2D eigenvalue weighted by atomic mass is 16.5. The molecule has 1 aromatic heterocycles. The monoisotopic (exact) mass is 240 g/mol. The largest absolute Gasteiger partial charge is 0.490 e. The normalized spacial score (nSPS) is 12.0. The van der Waals surface area contributed by atoms with E-state index in [-0.39, 0.29) is 12.5 Å². The maximum atomic E-state index is 8.96. The summed E-state index contributed by atoms with van der Waals surface area (Å²) in [6.07, 6.45) is 1.48. The Bertz CT molecular complexity index is 346. The van der Waals surface area contributed by atoms with E-state index in [0.717, 1.165) is 6.54 Å². The van der Waals surface area contributed by atoms with Crippen molar-refractivity contribution in [2.45, 2.75) is 13.8 Å². The second-order valence-electron chi connectivity index (χ2n) is 3.80. The Hall–Kier alpha value is -1.56. The highest BCUT2D eigenvalue weighted by Gasteiger charge is 2.11. The summed E-state index contributed by atoms with van der Waals surface area (Å²) in [4.78, 5) is 8.24. The fourth-order valence-electron chi connectivity index (χ4n) is 1.32. The second-order valence-corrected chi connectivity index (χ2v) is 3.80. The van der Waals surface area contributed by atoms with Crippen molar-refractivity contribution in [3.8, 4) is 5.75 Å². The smallest absolute Gasteiger partial charge is 0.204 e. The first-order valence-corrected chi connectivity index (χ1v) is 5.70. The zero-order chi connectivity index (χ0) is 12.7. The minimum atomic E-state index is 0.139. The Kier molecular flexibility index (Phi) is 5.48. The summed E-state index contributed by atoms with van der Waals surface area (Å²) in [6.45, 7) is 5.48. The van der Waals surface area contributed by atoms with E-state index in [1.54, 1.807) is 7.11 Å². The molecule has 6 nitrogen and oxygen atoms in total. The van der Waals surface area contributed by atoms with Gasteiger partial charge in [-0.05, 0) is 12.8 Å². The molecule has 96 valence electrons. The molecule has 1 rings (SSSR count). The molecule has 0 saturated carbocycles. The van der Waals surface area contributed by atoms with Crippen LogP contribution in [0.4, 0.5) is 11.6 Å². The number of rotatable bonds is 7. The van der Waals surface area contributed by atoms with Gasteiger partial charge in [-0.15, -0.1) is 0 Å². The third-order valence-electron chi connectivity index (χ3n) is 2.28. The summed E-state index contributed by atoms with van der Waals surface area (Å²) in [5.74, 6) is 2.07. The van der Waals surface area contributed by atoms with Crippen molar-refractivity contribution in [1.29, 1.82) is 0 Å². The summed E-state index contributed by atoms with van der Waals surface area (Å²) in [7, 11) is 1.58. The standard InChI is InChI=1S/C11H20N4O2/c1-4-12-10-9(17-3)11(15-7-14-10)13-5-8(2)6-16/h7-8,16H,4-6H2,1-3H3,(H2,12,13,14,15). The van der Waals surface area contributed by atoms with Gasteiger partial charge in [-0.3, -0.25) is 0 Å². The van der Waals surface area contributed by atoms with Crippen molar-refractivity contribution in [1.82, 2.24) is 9.97 Å². The number of ether oxygens (including phenoxy) is 1. The zero-order valence-electron chi connectivity index (χ0n) is 10.5. The Morgan fingerprint density at radius 3 is 2.53 bits per heavy atom. The molecule has 6 heteroatoms. The number of aliphatic hydroxyl groups excluding tert-OH is 1. The van der Waals surface area contributed by atoms with E-state index in [0.29, 0.717) is 23.9 Å². The van der Waals surface area contributed by atoms with E-state index in [4.69, 9.17) is 9.84 Å². The molecule has 0 amide bonds. The van der Waals surface area contributed by atoms with Crippen LogP contribution >= 0.6 is 0 Å². The van der Waals surface area contributed by atoms with Crippen LogP contribution in [0.5, 0.6) is 5.75 Å². The Labute approximate surface area is 101 Å². The van der Waals surface area contributed by atoms with Crippen LogP contribution in [0.25, 0.3) is 0 Å². The minimum absolute atomic E-state index is 0.139. The molecule has 0 aliphatic heterocycles. The molecule has 0 fully saturated rings.